The molecule has 1 aromatic heterocycles. The summed E-state index contributed by atoms with van der Waals surface area (Å²) in [6.07, 6.45) is 0.393. The van der Waals surface area contributed by atoms with E-state index in [-0.39, 0.29) is 12.1 Å². The molecule has 3 heterocycles. The highest BCUT2D eigenvalue weighted by Gasteiger charge is 2.52. The van der Waals surface area contributed by atoms with Crippen molar-refractivity contribution >= 4 is 23.5 Å². The third kappa shape index (κ3) is 3.66. The topological polar surface area (TPSA) is 58.6 Å². The maximum atomic E-state index is 15.2. The normalized spacial score (nSPS) is 28.8. The van der Waals surface area contributed by atoms with E-state index >= 15 is 4.39 Å². The molecule has 2 fully saturated rings. The molecule has 8 heteroatoms. The van der Waals surface area contributed by atoms with Crippen LogP contribution >= 0.6 is 11.6 Å². The first-order valence-electron chi connectivity index (χ1n) is 8.55. The number of fused-ring (bicyclic) bond motifs is 2. The number of halogens is 2. The van der Waals surface area contributed by atoms with Crippen LogP contribution in [0.1, 0.15) is 40.0 Å². The first-order chi connectivity index (χ1) is 11.7. The molecular weight excluding hydrogens is 347 g/mol. The molecule has 1 aromatic rings. The largest absolute Gasteiger partial charge is 0.444 e. The Morgan fingerprint density at radius 1 is 1.36 bits per heavy atom. The van der Waals surface area contributed by atoms with Crippen LogP contribution in [0.2, 0.25) is 5.15 Å². The molecule has 0 aliphatic carbocycles. The molecule has 2 aliphatic rings. The first-order valence-corrected chi connectivity index (χ1v) is 8.92. The average Bonchev–Trinajstić information content (AvgIpc) is 2.87. The van der Waals surface area contributed by atoms with Crippen molar-refractivity contribution in [1.82, 2.24) is 15.1 Å². The van der Waals surface area contributed by atoms with Gasteiger partial charge in [-0.25, -0.2) is 9.18 Å². The van der Waals surface area contributed by atoms with Gasteiger partial charge in [0.1, 0.15) is 11.8 Å². The van der Waals surface area contributed by atoms with E-state index in [1.54, 1.807) is 29.0 Å². The maximum absolute atomic E-state index is 15.2. The van der Waals surface area contributed by atoms with Crippen molar-refractivity contribution in [3.8, 4) is 0 Å². The van der Waals surface area contributed by atoms with Crippen LogP contribution in [0.15, 0.2) is 12.1 Å². The molecule has 25 heavy (non-hydrogen) atoms. The standard InChI is InChI=1S/C17H24ClFN4O2/c1-17(2,3)25-16(24)23-10-5-6-11(23)15(19)12(9-10)22(4)14-8-7-13(18)20-21-14/h7-8,10-12,15H,5-6,9H2,1-4H3/t10-,11+,12-,15+/m0/s1. The summed E-state index contributed by atoms with van der Waals surface area (Å²) in [4.78, 5) is 15.9. The lowest BCUT2D eigenvalue weighted by molar-refractivity contribution is -0.0104. The van der Waals surface area contributed by atoms with Crippen molar-refractivity contribution in [1.29, 1.82) is 0 Å². The second-order valence-electron chi connectivity index (χ2n) is 7.76. The van der Waals surface area contributed by atoms with Crippen LogP contribution in [0.5, 0.6) is 0 Å². The average molecular weight is 371 g/mol. The Morgan fingerprint density at radius 2 is 2.08 bits per heavy atom. The molecule has 0 aromatic carbocycles. The highest BCUT2D eigenvalue weighted by Crippen LogP contribution is 2.40. The summed E-state index contributed by atoms with van der Waals surface area (Å²) in [5.41, 5.74) is -0.588. The van der Waals surface area contributed by atoms with E-state index < -0.39 is 23.9 Å². The van der Waals surface area contributed by atoms with E-state index in [1.165, 1.54) is 0 Å². The van der Waals surface area contributed by atoms with Crippen LogP contribution in [0.3, 0.4) is 0 Å². The van der Waals surface area contributed by atoms with E-state index in [4.69, 9.17) is 16.3 Å². The van der Waals surface area contributed by atoms with Crippen LogP contribution in [-0.4, -0.2) is 58.1 Å². The smallest absolute Gasteiger partial charge is 0.410 e. The molecule has 6 nitrogen and oxygen atoms in total. The molecule has 3 rings (SSSR count). The second-order valence-corrected chi connectivity index (χ2v) is 8.15. The number of carbonyl (C=O) groups excluding carboxylic acids is 1. The zero-order chi connectivity index (χ0) is 18.4. The van der Waals surface area contributed by atoms with Crippen LogP contribution in [0.25, 0.3) is 0 Å². The van der Waals surface area contributed by atoms with Gasteiger partial charge in [-0.3, -0.25) is 4.90 Å². The SMILES string of the molecule is CN(c1ccc(Cl)nn1)[C@H]1C[C@@H]2CC[C@H]([C@H]1F)N2C(=O)OC(C)(C)C. The number of nitrogens with zero attached hydrogens (tertiary/aromatic N) is 4. The zero-order valence-electron chi connectivity index (χ0n) is 14.9. The van der Waals surface area contributed by atoms with E-state index in [0.29, 0.717) is 23.8 Å². The summed E-state index contributed by atoms with van der Waals surface area (Å²) in [5.74, 6) is 0.571. The second kappa shape index (κ2) is 6.59. The molecule has 0 saturated carbocycles. The van der Waals surface area contributed by atoms with E-state index in [0.717, 1.165) is 6.42 Å². The number of ether oxygens (including phenoxy) is 1. The predicted octanol–water partition coefficient (Wildman–Crippen LogP) is 3.44. The van der Waals surface area contributed by atoms with Crippen LogP contribution in [0.4, 0.5) is 15.0 Å². The van der Waals surface area contributed by atoms with Gasteiger partial charge < -0.3 is 9.64 Å². The van der Waals surface area contributed by atoms with Gasteiger partial charge in [0.25, 0.3) is 0 Å². The van der Waals surface area contributed by atoms with Crippen LogP contribution in [0, 0.1) is 0 Å². The summed E-state index contributed by atoms with van der Waals surface area (Å²) < 4.78 is 20.7. The molecule has 0 radical (unpaired) electrons. The Labute approximate surface area is 152 Å². The molecule has 0 spiro atoms. The third-order valence-electron chi connectivity index (χ3n) is 4.88. The quantitative estimate of drug-likeness (QED) is 0.798. The maximum Gasteiger partial charge on any atom is 0.410 e. The van der Waals surface area contributed by atoms with Gasteiger partial charge in [0.05, 0.1) is 12.1 Å². The monoisotopic (exact) mass is 370 g/mol. The molecule has 2 saturated heterocycles. The van der Waals surface area contributed by atoms with E-state index in [9.17, 15) is 4.79 Å². The van der Waals surface area contributed by atoms with Gasteiger partial charge in [0, 0.05) is 13.1 Å². The molecular formula is C17H24ClFN4O2. The van der Waals surface area contributed by atoms with Gasteiger partial charge in [0.15, 0.2) is 11.0 Å². The molecule has 4 atom stereocenters. The number of carbonyl (C=O) groups is 1. The van der Waals surface area contributed by atoms with Crippen LogP contribution in [-0.2, 0) is 4.74 Å². The fourth-order valence-corrected chi connectivity index (χ4v) is 3.86. The van der Waals surface area contributed by atoms with Crippen molar-refractivity contribution in [3.63, 3.8) is 0 Å². The number of piperidine rings is 1. The van der Waals surface area contributed by atoms with Gasteiger partial charge in [0.2, 0.25) is 0 Å². The molecule has 2 bridgehead atoms. The van der Waals surface area contributed by atoms with Crippen LogP contribution < -0.4 is 4.90 Å². The molecule has 0 unspecified atom stereocenters. The fraction of sp³-hybridized carbons (Fsp3) is 0.706. The third-order valence-corrected chi connectivity index (χ3v) is 5.08. The van der Waals surface area contributed by atoms with Crippen molar-refractivity contribution < 1.29 is 13.9 Å². The number of hydrogen-bond acceptors (Lipinski definition) is 5. The van der Waals surface area contributed by atoms with Gasteiger partial charge >= 0.3 is 6.09 Å². The van der Waals surface area contributed by atoms with Gasteiger partial charge in [-0.05, 0) is 52.2 Å². The van der Waals surface area contributed by atoms with E-state index in [1.807, 2.05) is 20.8 Å². The Hall–Kier alpha value is -1.63. The molecule has 2 aliphatic heterocycles. The minimum absolute atomic E-state index is 0.0143. The minimum Gasteiger partial charge on any atom is -0.444 e. The molecule has 0 N–H and O–H groups in total. The Balaban J connectivity index is 1.76. The van der Waals surface area contributed by atoms with Crippen molar-refractivity contribution in [3.05, 3.63) is 17.3 Å². The predicted molar refractivity (Wildman–Crippen MR) is 93.6 cm³/mol. The number of hydrogen-bond donors (Lipinski definition) is 0. The fourth-order valence-electron chi connectivity index (χ4n) is 3.76. The number of aromatic nitrogens is 2. The minimum atomic E-state index is -1.17. The van der Waals surface area contributed by atoms with Gasteiger partial charge in [-0.15, -0.1) is 10.2 Å². The van der Waals surface area contributed by atoms with E-state index in [2.05, 4.69) is 10.2 Å². The zero-order valence-corrected chi connectivity index (χ0v) is 15.7. The summed E-state index contributed by atoms with van der Waals surface area (Å²) in [6, 6.07) is 2.54. The lowest BCUT2D eigenvalue weighted by Gasteiger charge is -2.44. The Morgan fingerprint density at radius 3 is 2.68 bits per heavy atom. The number of anilines is 1. The summed E-state index contributed by atoms with van der Waals surface area (Å²) in [6.45, 7) is 5.46. The van der Waals surface area contributed by atoms with Crippen molar-refractivity contribution in [2.45, 2.75) is 69.9 Å². The Bertz CT molecular complexity index is 637. The lowest BCUT2D eigenvalue weighted by atomic mass is 9.94. The lowest BCUT2D eigenvalue weighted by Crippen LogP contribution is -2.59. The summed E-state index contributed by atoms with van der Waals surface area (Å²) in [5, 5.41) is 8.16. The number of rotatable bonds is 2. The summed E-state index contributed by atoms with van der Waals surface area (Å²) >= 11 is 5.77. The molecule has 138 valence electrons. The highest BCUT2D eigenvalue weighted by molar-refractivity contribution is 6.29. The number of amides is 1. The Kier molecular flexibility index (Phi) is 4.79. The summed E-state index contributed by atoms with van der Waals surface area (Å²) in [7, 11) is 1.80. The first kappa shape index (κ1) is 18.2. The van der Waals surface area contributed by atoms with Crippen molar-refractivity contribution in [2.24, 2.45) is 0 Å². The van der Waals surface area contributed by atoms with Gasteiger partial charge in [-0.2, -0.15) is 0 Å². The molecule has 1 amide bonds. The van der Waals surface area contributed by atoms with Gasteiger partial charge in [-0.1, -0.05) is 11.6 Å². The number of alkyl halides is 1. The highest BCUT2D eigenvalue weighted by atomic mass is 35.5. The van der Waals surface area contributed by atoms with Crippen molar-refractivity contribution in [2.75, 3.05) is 11.9 Å².